The van der Waals surface area contributed by atoms with Crippen LogP contribution in [-0.2, 0) is 19.6 Å². The van der Waals surface area contributed by atoms with Crippen molar-refractivity contribution in [1.29, 1.82) is 0 Å². The van der Waals surface area contributed by atoms with Crippen molar-refractivity contribution in [3.8, 4) is 11.5 Å². The maximum Gasteiger partial charge on any atom is 0.258 e. The Hall–Kier alpha value is -3.10. The second-order valence-electron chi connectivity index (χ2n) is 9.67. The third-order valence-electron chi connectivity index (χ3n) is 6.81. The largest absolute Gasteiger partial charge is 0.507 e. The summed E-state index contributed by atoms with van der Waals surface area (Å²) in [5, 5.41) is 19.1. The molecule has 0 saturated carbocycles. The van der Waals surface area contributed by atoms with Crippen LogP contribution in [0.25, 0.3) is 10.9 Å². The molecule has 2 aliphatic heterocycles. The number of rotatable bonds is 7. The van der Waals surface area contributed by atoms with Crippen molar-refractivity contribution in [3.63, 3.8) is 0 Å². The van der Waals surface area contributed by atoms with Gasteiger partial charge in [0.05, 0.1) is 16.8 Å². The van der Waals surface area contributed by atoms with Gasteiger partial charge in [-0.2, -0.15) is 5.10 Å². The predicted octanol–water partition coefficient (Wildman–Crippen LogP) is 3.35. The number of phenols is 1. The topological polar surface area (TPSA) is 84.9 Å². The van der Waals surface area contributed by atoms with Crippen LogP contribution < -0.4 is 4.74 Å². The molecule has 3 heterocycles. The van der Waals surface area contributed by atoms with Crippen LogP contribution in [-0.4, -0.2) is 76.2 Å². The number of benzene rings is 2. The summed E-state index contributed by atoms with van der Waals surface area (Å²) in [5.74, 6) is 0.630. The minimum absolute atomic E-state index is 0.0191. The summed E-state index contributed by atoms with van der Waals surface area (Å²) in [6.07, 6.45) is 3.71. The van der Waals surface area contributed by atoms with Gasteiger partial charge < -0.3 is 19.6 Å². The molecule has 180 valence electrons. The molecule has 0 aliphatic carbocycles. The monoisotopic (exact) mass is 463 g/mol. The first-order chi connectivity index (χ1) is 16.5. The van der Waals surface area contributed by atoms with Gasteiger partial charge in [-0.3, -0.25) is 14.8 Å². The Morgan fingerprint density at radius 2 is 1.91 bits per heavy atom. The van der Waals surface area contributed by atoms with Crippen LogP contribution in [0.3, 0.4) is 0 Å². The number of hydrogen-bond donors (Lipinski definition) is 2. The zero-order chi connectivity index (χ0) is 23.7. The van der Waals surface area contributed by atoms with Gasteiger partial charge in [-0.25, -0.2) is 0 Å². The summed E-state index contributed by atoms with van der Waals surface area (Å²) in [4.78, 5) is 19.7. The molecule has 8 heteroatoms. The van der Waals surface area contributed by atoms with Crippen LogP contribution >= 0.6 is 0 Å². The number of hydrogen-bond acceptors (Lipinski definition) is 6. The number of aromatic nitrogens is 2. The van der Waals surface area contributed by atoms with Gasteiger partial charge in [-0.05, 0) is 69.4 Å². The first-order valence-corrected chi connectivity index (χ1v) is 12.1. The van der Waals surface area contributed by atoms with Crippen molar-refractivity contribution < 1.29 is 14.6 Å². The van der Waals surface area contributed by atoms with E-state index in [4.69, 9.17) is 4.74 Å². The van der Waals surface area contributed by atoms with E-state index in [0.29, 0.717) is 25.3 Å². The number of piperidine rings is 1. The Morgan fingerprint density at radius 3 is 2.71 bits per heavy atom. The minimum Gasteiger partial charge on any atom is -0.507 e. The zero-order valence-corrected chi connectivity index (χ0v) is 20.0. The van der Waals surface area contributed by atoms with Crippen LogP contribution in [0.15, 0.2) is 30.3 Å². The molecule has 1 aromatic heterocycles. The summed E-state index contributed by atoms with van der Waals surface area (Å²) >= 11 is 0. The zero-order valence-electron chi connectivity index (χ0n) is 20.0. The molecule has 1 amide bonds. The third-order valence-corrected chi connectivity index (χ3v) is 6.81. The quantitative estimate of drug-likeness (QED) is 0.559. The van der Waals surface area contributed by atoms with Crippen LogP contribution in [0.5, 0.6) is 11.5 Å². The number of likely N-dealkylation sites (N-methyl/N-ethyl adjacent to an activating group) is 1. The number of aromatic hydroxyl groups is 1. The summed E-state index contributed by atoms with van der Waals surface area (Å²) < 4.78 is 5.86. The molecule has 0 bridgehead atoms. The van der Waals surface area contributed by atoms with Crippen LogP contribution in [0, 0.1) is 0 Å². The number of phenolic OH excluding ortho intramolecular Hbond substituents is 1. The molecule has 0 spiro atoms. The maximum atomic E-state index is 13.4. The summed E-state index contributed by atoms with van der Waals surface area (Å²) in [6.45, 7) is 5.39. The van der Waals surface area contributed by atoms with Gasteiger partial charge in [0.15, 0.2) is 0 Å². The van der Waals surface area contributed by atoms with E-state index in [-0.39, 0.29) is 11.7 Å². The summed E-state index contributed by atoms with van der Waals surface area (Å²) in [7, 11) is 4.03. The fourth-order valence-electron chi connectivity index (χ4n) is 4.85. The van der Waals surface area contributed by atoms with E-state index in [9.17, 15) is 9.90 Å². The van der Waals surface area contributed by atoms with Crippen molar-refractivity contribution in [1.82, 2.24) is 24.9 Å². The van der Waals surface area contributed by atoms with Crippen LogP contribution in [0.2, 0.25) is 0 Å². The van der Waals surface area contributed by atoms with Gasteiger partial charge in [-0.1, -0.05) is 12.5 Å². The standard InChI is InChI=1S/C26H33N5O3/c1-29(2)10-11-34-20-7-6-18-15-31(16-19(18)12-20)26(33)22-13-21-23(14-25(22)32)27-28-24(21)17-30-8-4-3-5-9-30/h6-7,12-14,32H,3-5,8-11,15-17H2,1-2H3,(H,27,28). The lowest BCUT2D eigenvalue weighted by atomic mass is 10.1. The number of fused-ring (bicyclic) bond motifs is 2. The summed E-state index contributed by atoms with van der Waals surface area (Å²) in [5.41, 5.74) is 4.21. The van der Waals surface area contributed by atoms with Crippen molar-refractivity contribution in [2.24, 2.45) is 0 Å². The highest BCUT2D eigenvalue weighted by molar-refractivity contribution is 6.01. The number of amides is 1. The molecule has 0 unspecified atom stereocenters. The highest BCUT2D eigenvalue weighted by Gasteiger charge is 2.27. The average Bonchev–Trinajstić information content (AvgIpc) is 3.42. The molecule has 5 rings (SSSR count). The van der Waals surface area contributed by atoms with E-state index in [1.807, 2.05) is 32.3 Å². The number of H-pyrrole nitrogens is 1. The van der Waals surface area contributed by atoms with E-state index < -0.39 is 0 Å². The fourth-order valence-corrected chi connectivity index (χ4v) is 4.85. The van der Waals surface area contributed by atoms with Gasteiger partial charge in [0, 0.05) is 37.6 Å². The fraction of sp³-hybridized carbons (Fsp3) is 0.462. The molecule has 1 fully saturated rings. The Balaban J connectivity index is 1.32. The molecular formula is C26H33N5O3. The third kappa shape index (κ3) is 4.74. The van der Waals surface area contributed by atoms with Gasteiger partial charge >= 0.3 is 0 Å². The SMILES string of the molecule is CN(C)CCOc1ccc2c(c1)CN(C(=O)c1cc3c(CN4CCCCC4)n[nH]c3cc1O)C2. The van der Waals surface area contributed by atoms with Gasteiger partial charge in [0.1, 0.15) is 18.1 Å². The van der Waals surface area contributed by atoms with Crippen LogP contribution in [0.4, 0.5) is 0 Å². The Labute approximate surface area is 200 Å². The highest BCUT2D eigenvalue weighted by Crippen LogP contribution is 2.32. The maximum absolute atomic E-state index is 13.4. The molecule has 8 nitrogen and oxygen atoms in total. The van der Waals surface area contributed by atoms with E-state index in [1.165, 1.54) is 19.3 Å². The molecule has 1 saturated heterocycles. The first kappa shape index (κ1) is 22.7. The molecule has 0 atom stereocenters. The lowest BCUT2D eigenvalue weighted by molar-refractivity contribution is 0.0748. The lowest BCUT2D eigenvalue weighted by Gasteiger charge is -2.25. The smallest absolute Gasteiger partial charge is 0.258 e. The molecule has 2 N–H and O–H groups in total. The minimum atomic E-state index is -0.171. The normalized spacial score (nSPS) is 16.4. The molecule has 0 radical (unpaired) electrons. The molecule has 2 aliphatic rings. The molecular weight excluding hydrogens is 430 g/mol. The van der Waals surface area contributed by atoms with Gasteiger partial charge in [-0.15, -0.1) is 0 Å². The lowest BCUT2D eigenvalue weighted by Crippen LogP contribution is -2.29. The van der Waals surface area contributed by atoms with Gasteiger partial charge in [0.25, 0.3) is 5.91 Å². The van der Waals surface area contributed by atoms with Gasteiger partial charge in [0.2, 0.25) is 0 Å². The average molecular weight is 464 g/mol. The van der Waals surface area contributed by atoms with E-state index in [0.717, 1.165) is 59.7 Å². The number of carbonyl (C=O) groups is 1. The highest BCUT2D eigenvalue weighted by atomic mass is 16.5. The Morgan fingerprint density at radius 1 is 1.12 bits per heavy atom. The number of ether oxygens (including phenoxy) is 1. The second kappa shape index (κ2) is 9.64. The Bertz CT molecular complexity index is 1180. The van der Waals surface area contributed by atoms with E-state index in [2.05, 4.69) is 20.0 Å². The molecule has 34 heavy (non-hydrogen) atoms. The van der Waals surface area contributed by atoms with Crippen molar-refractivity contribution >= 4 is 16.8 Å². The molecule has 3 aromatic rings. The number of nitrogens with one attached hydrogen (secondary N) is 1. The molecule has 2 aromatic carbocycles. The summed E-state index contributed by atoms with van der Waals surface area (Å²) in [6, 6.07) is 9.44. The second-order valence-corrected chi connectivity index (χ2v) is 9.67. The van der Waals surface area contributed by atoms with Crippen molar-refractivity contribution in [2.75, 3.05) is 40.3 Å². The number of aromatic amines is 1. The van der Waals surface area contributed by atoms with E-state index >= 15 is 0 Å². The predicted molar refractivity (Wildman–Crippen MR) is 131 cm³/mol. The Kier molecular flexibility index (Phi) is 6.43. The number of likely N-dealkylation sites (tertiary alicyclic amines) is 1. The number of nitrogens with zero attached hydrogens (tertiary/aromatic N) is 4. The number of carbonyl (C=O) groups excluding carboxylic acids is 1. The van der Waals surface area contributed by atoms with Crippen molar-refractivity contribution in [3.05, 3.63) is 52.7 Å². The van der Waals surface area contributed by atoms with E-state index in [1.54, 1.807) is 17.0 Å². The first-order valence-electron chi connectivity index (χ1n) is 12.1. The van der Waals surface area contributed by atoms with Crippen molar-refractivity contribution in [2.45, 2.75) is 38.9 Å². The van der Waals surface area contributed by atoms with Crippen LogP contribution in [0.1, 0.15) is 46.4 Å².